The number of aromatic nitrogens is 2. The molecule has 138 valence electrons. The molecule has 0 radical (unpaired) electrons. The summed E-state index contributed by atoms with van der Waals surface area (Å²) in [6.07, 6.45) is 8.80. The van der Waals surface area contributed by atoms with E-state index in [0.717, 1.165) is 56.8 Å². The summed E-state index contributed by atoms with van der Waals surface area (Å²) in [7, 11) is 1.96. The summed E-state index contributed by atoms with van der Waals surface area (Å²) in [5.41, 5.74) is 1.30. The minimum absolute atomic E-state index is 0. The Bertz CT molecular complexity index is 497. The second-order valence-electron chi connectivity index (χ2n) is 7.09. The van der Waals surface area contributed by atoms with E-state index >= 15 is 0 Å². The van der Waals surface area contributed by atoms with Gasteiger partial charge in [0.2, 0.25) is 0 Å². The van der Waals surface area contributed by atoms with Crippen LogP contribution in [0, 0.1) is 11.8 Å². The summed E-state index contributed by atoms with van der Waals surface area (Å²) in [5, 5.41) is 7.68. The first kappa shape index (κ1) is 21.3. The molecule has 1 fully saturated rings. The fraction of sp³-hybridized carbons (Fsp3) is 0.778. The fourth-order valence-corrected chi connectivity index (χ4v) is 3.38. The summed E-state index contributed by atoms with van der Waals surface area (Å²) >= 11 is 0. The Morgan fingerprint density at radius 3 is 2.88 bits per heavy atom. The Hall–Kier alpha value is -0.790. The molecule has 0 aliphatic carbocycles. The lowest BCUT2D eigenvalue weighted by Gasteiger charge is -2.22. The third-order valence-corrected chi connectivity index (χ3v) is 4.37. The third-order valence-electron chi connectivity index (χ3n) is 4.37. The van der Waals surface area contributed by atoms with Gasteiger partial charge in [-0.1, -0.05) is 13.8 Å². The number of halogens is 1. The van der Waals surface area contributed by atoms with Gasteiger partial charge in [0.05, 0.1) is 6.20 Å². The van der Waals surface area contributed by atoms with E-state index in [9.17, 15) is 0 Å². The Balaban J connectivity index is 0.00000288. The van der Waals surface area contributed by atoms with E-state index in [0.29, 0.717) is 0 Å². The van der Waals surface area contributed by atoms with Crippen LogP contribution >= 0.6 is 24.0 Å². The highest BCUT2D eigenvalue weighted by Crippen LogP contribution is 2.23. The van der Waals surface area contributed by atoms with Crippen LogP contribution in [-0.4, -0.2) is 46.8 Å². The fourth-order valence-electron chi connectivity index (χ4n) is 3.38. The monoisotopic (exact) mass is 447 g/mol. The molecule has 0 aromatic carbocycles. The van der Waals surface area contributed by atoms with Crippen LogP contribution in [0.5, 0.6) is 0 Å². The molecule has 1 saturated heterocycles. The quantitative estimate of drug-likeness (QED) is 0.302. The van der Waals surface area contributed by atoms with Crippen molar-refractivity contribution in [1.82, 2.24) is 20.0 Å². The zero-order chi connectivity index (χ0) is 16.7. The van der Waals surface area contributed by atoms with Crippen molar-refractivity contribution in [3.8, 4) is 0 Å². The molecule has 0 bridgehead atoms. The Morgan fingerprint density at radius 2 is 2.25 bits per heavy atom. The molecule has 6 heteroatoms. The molecule has 5 nitrogen and oxygen atoms in total. The number of nitrogens with one attached hydrogen (secondary N) is 1. The van der Waals surface area contributed by atoms with E-state index in [1.807, 2.05) is 17.9 Å². The predicted molar refractivity (Wildman–Crippen MR) is 112 cm³/mol. The lowest BCUT2D eigenvalue weighted by atomic mass is 9.97. The van der Waals surface area contributed by atoms with Gasteiger partial charge in [-0.25, -0.2) is 0 Å². The molecule has 1 N–H and O–H groups in total. The maximum atomic E-state index is 4.84. The van der Waals surface area contributed by atoms with E-state index in [1.165, 1.54) is 18.4 Å². The van der Waals surface area contributed by atoms with E-state index in [1.54, 1.807) is 0 Å². The second kappa shape index (κ2) is 10.9. The molecule has 0 saturated carbocycles. The van der Waals surface area contributed by atoms with Gasteiger partial charge in [-0.05, 0) is 50.0 Å². The zero-order valence-electron chi connectivity index (χ0n) is 15.7. The number of likely N-dealkylation sites (tertiary alicyclic amines) is 1. The van der Waals surface area contributed by atoms with Gasteiger partial charge in [-0.2, -0.15) is 5.10 Å². The molecule has 1 aromatic heterocycles. The number of aryl methyl sites for hydroxylation is 2. The molecule has 0 amide bonds. The van der Waals surface area contributed by atoms with Gasteiger partial charge in [0.25, 0.3) is 0 Å². The maximum absolute atomic E-state index is 4.84. The Kier molecular flexibility index (Phi) is 9.69. The van der Waals surface area contributed by atoms with E-state index < -0.39 is 0 Å². The predicted octanol–water partition coefficient (Wildman–Crippen LogP) is 3.30. The molecule has 1 aromatic rings. The lowest BCUT2D eigenvalue weighted by Crippen LogP contribution is -2.40. The van der Waals surface area contributed by atoms with Gasteiger partial charge < -0.3 is 10.2 Å². The van der Waals surface area contributed by atoms with Crippen LogP contribution in [-0.2, 0) is 13.5 Å². The number of hydrogen-bond acceptors (Lipinski definition) is 2. The lowest BCUT2D eigenvalue weighted by molar-refractivity contribution is 0.403. The molecule has 1 aliphatic rings. The van der Waals surface area contributed by atoms with Crippen LogP contribution in [0.2, 0.25) is 0 Å². The minimum atomic E-state index is 0. The normalized spacial score (nSPS) is 18.1. The number of rotatable bonds is 7. The van der Waals surface area contributed by atoms with Gasteiger partial charge in [0, 0.05) is 39.4 Å². The third kappa shape index (κ3) is 6.99. The van der Waals surface area contributed by atoms with Crippen molar-refractivity contribution in [2.45, 2.75) is 46.5 Å². The number of nitrogens with zero attached hydrogens (tertiary/aromatic N) is 4. The highest BCUT2D eigenvalue weighted by atomic mass is 127. The maximum Gasteiger partial charge on any atom is 0.193 e. The summed E-state index contributed by atoms with van der Waals surface area (Å²) in [6.45, 7) is 10.9. The molecule has 1 unspecified atom stereocenters. The second-order valence-corrected chi connectivity index (χ2v) is 7.09. The minimum Gasteiger partial charge on any atom is -0.357 e. The highest BCUT2D eigenvalue weighted by Gasteiger charge is 2.25. The van der Waals surface area contributed by atoms with Gasteiger partial charge >= 0.3 is 0 Å². The Morgan fingerprint density at radius 1 is 1.46 bits per heavy atom. The van der Waals surface area contributed by atoms with E-state index in [2.05, 4.69) is 42.3 Å². The average Bonchev–Trinajstić information content (AvgIpc) is 3.11. The van der Waals surface area contributed by atoms with Crippen LogP contribution in [0.1, 0.15) is 45.6 Å². The first-order chi connectivity index (χ1) is 11.1. The molecule has 2 heterocycles. The molecule has 0 spiro atoms. The van der Waals surface area contributed by atoms with Crippen molar-refractivity contribution < 1.29 is 0 Å². The van der Waals surface area contributed by atoms with Crippen molar-refractivity contribution in [3.05, 3.63) is 18.0 Å². The topological polar surface area (TPSA) is 45.5 Å². The standard InChI is InChI=1S/C18H33N5.HI/c1-5-19-18(23-10-8-16(14-23)11-15(2)3)20-9-6-7-17-12-21-22(4)13-17;/h12-13,15-16H,5-11,14H2,1-4H3,(H,19,20);1H. The summed E-state index contributed by atoms with van der Waals surface area (Å²) in [4.78, 5) is 7.28. The van der Waals surface area contributed by atoms with Crippen LogP contribution in [0.4, 0.5) is 0 Å². The molecule has 24 heavy (non-hydrogen) atoms. The van der Waals surface area contributed by atoms with Crippen molar-refractivity contribution in [1.29, 1.82) is 0 Å². The molecule has 2 rings (SSSR count). The number of hydrogen-bond donors (Lipinski definition) is 1. The first-order valence-electron chi connectivity index (χ1n) is 9.09. The van der Waals surface area contributed by atoms with Crippen molar-refractivity contribution >= 4 is 29.9 Å². The number of aliphatic imine (C=N–C) groups is 1. The smallest absolute Gasteiger partial charge is 0.193 e. The highest BCUT2D eigenvalue weighted by molar-refractivity contribution is 14.0. The molecular weight excluding hydrogens is 413 g/mol. The van der Waals surface area contributed by atoms with Crippen LogP contribution in [0.25, 0.3) is 0 Å². The van der Waals surface area contributed by atoms with Crippen LogP contribution in [0.15, 0.2) is 17.4 Å². The van der Waals surface area contributed by atoms with Crippen molar-refractivity contribution in [2.75, 3.05) is 26.2 Å². The van der Waals surface area contributed by atoms with E-state index in [4.69, 9.17) is 4.99 Å². The van der Waals surface area contributed by atoms with Gasteiger partial charge in [-0.3, -0.25) is 9.67 Å². The summed E-state index contributed by atoms with van der Waals surface area (Å²) < 4.78 is 1.86. The van der Waals surface area contributed by atoms with Crippen molar-refractivity contribution in [3.63, 3.8) is 0 Å². The average molecular weight is 447 g/mol. The van der Waals surface area contributed by atoms with Gasteiger partial charge in [0.15, 0.2) is 5.96 Å². The van der Waals surface area contributed by atoms with Crippen LogP contribution < -0.4 is 5.32 Å². The van der Waals surface area contributed by atoms with Gasteiger partial charge in [0.1, 0.15) is 0 Å². The first-order valence-corrected chi connectivity index (χ1v) is 9.09. The zero-order valence-corrected chi connectivity index (χ0v) is 18.0. The summed E-state index contributed by atoms with van der Waals surface area (Å²) in [6, 6.07) is 0. The van der Waals surface area contributed by atoms with Crippen LogP contribution in [0.3, 0.4) is 0 Å². The van der Waals surface area contributed by atoms with Crippen molar-refractivity contribution in [2.24, 2.45) is 23.9 Å². The number of guanidine groups is 1. The molecule has 1 aliphatic heterocycles. The molecular formula is C18H34IN5. The molecule has 1 atom stereocenters. The Labute approximate surface area is 164 Å². The van der Waals surface area contributed by atoms with Gasteiger partial charge in [-0.15, -0.1) is 24.0 Å². The SMILES string of the molecule is CCNC(=NCCCc1cnn(C)c1)N1CCC(CC(C)C)C1.I. The summed E-state index contributed by atoms with van der Waals surface area (Å²) in [5.74, 6) is 2.72. The van der Waals surface area contributed by atoms with E-state index in [-0.39, 0.29) is 24.0 Å². The largest absolute Gasteiger partial charge is 0.357 e.